The lowest BCUT2D eigenvalue weighted by molar-refractivity contribution is 0.00656. The van der Waals surface area contributed by atoms with Crippen LogP contribution in [0.2, 0.25) is 0 Å². The van der Waals surface area contributed by atoms with Gasteiger partial charge in [0, 0.05) is 18.4 Å². The van der Waals surface area contributed by atoms with Crippen molar-refractivity contribution in [2.45, 2.75) is 31.6 Å². The van der Waals surface area contributed by atoms with E-state index >= 15 is 0 Å². The average molecular weight is 265 g/mol. The second-order valence-corrected chi connectivity index (χ2v) is 5.24. The van der Waals surface area contributed by atoms with Crippen molar-refractivity contribution in [3.05, 3.63) is 0 Å². The van der Waals surface area contributed by atoms with Gasteiger partial charge in [-0.25, -0.2) is 0 Å². The first-order valence-electron chi connectivity index (χ1n) is 6.27. The van der Waals surface area contributed by atoms with Crippen LogP contribution < -0.4 is 5.32 Å². The first kappa shape index (κ1) is 17.2. The van der Waals surface area contributed by atoms with Crippen molar-refractivity contribution < 1.29 is 14.6 Å². The standard InChI is InChI=1S/C12H27NO3S/c1-4-15-7-8-16-10-12(14)9-13-6-5-11(2)17-3/h11-14H,4-10H2,1-3H3. The monoisotopic (exact) mass is 265 g/mol. The molecule has 2 N–H and O–H groups in total. The Labute approximate surface area is 109 Å². The number of aliphatic hydroxyl groups is 1. The molecule has 4 nitrogen and oxygen atoms in total. The van der Waals surface area contributed by atoms with Gasteiger partial charge in [-0.05, 0) is 26.1 Å². The summed E-state index contributed by atoms with van der Waals surface area (Å²) >= 11 is 1.86. The SMILES string of the molecule is CCOCCOCC(O)CNCCC(C)SC. The molecule has 17 heavy (non-hydrogen) atoms. The van der Waals surface area contributed by atoms with Crippen LogP contribution in [0.15, 0.2) is 0 Å². The van der Waals surface area contributed by atoms with Crippen molar-refractivity contribution in [2.24, 2.45) is 0 Å². The fourth-order valence-corrected chi connectivity index (χ4v) is 1.59. The molecule has 0 aromatic carbocycles. The van der Waals surface area contributed by atoms with E-state index in [9.17, 15) is 5.11 Å². The van der Waals surface area contributed by atoms with Gasteiger partial charge in [-0.2, -0.15) is 11.8 Å². The van der Waals surface area contributed by atoms with Crippen LogP contribution in [0.4, 0.5) is 0 Å². The number of thioether (sulfide) groups is 1. The minimum Gasteiger partial charge on any atom is -0.389 e. The van der Waals surface area contributed by atoms with Gasteiger partial charge in [-0.1, -0.05) is 6.92 Å². The highest BCUT2D eigenvalue weighted by atomic mass is 32.2. The summed E-state index contributed by atoms with van der Waals surface area (Å²) in [7, 11) is 0. The molecule has 0 heterocycles. The second kappa shape index (κ2) is 12.6. The third-order valence-electron chi connectivity index (χ3n) is 2.40. The summed E-state index contributed by atoms with van der Waals surface area (Å²) in [5.74, 6) is 0. The van der Waals surface area contributed by atoms with E-state index in [1.54, 1.807) is 0 Å². The van der Waals surface area contributed by atoms with Crippen LogP contribution in [0, 0.1) is 0 Å². The van der Waals surface area contributed by atoms with E-state index in [1.165, 1.54) is 0 Å². The molecule has 0 saturated heterocycles. The van der Waals surface area contributed by atoms with Crippen molar-refractivity contribution in [1.29, 1.82) is 0 Å². The van der Waals surface area contributed by atoms with Crippen molar-refractivity contribution in [3.8, 4) is 0 Å². The Morgan fingerprint density at radius 1 is 1.29 bits per heavy atom. The Morgan fingerprint density at radius 3 is 2.65 bits per heavy atom. The van der Waals surface area contributed by atoms with Crippen LogP contribution in [0.25, 0.3) is 0 Å². The Balaban J connectivity index is 3.20. The largest absolute Gasteiger partial charge is 0.389 e. The average Bonchev–Trinajstić information content (AvgIpc) is 2.34. The van der Waals surface area contributed by atoms with E-state index in [1.807, 2.05) is 18.7 Å². The first-order chi connectivity index (χ1) is 8.20. The summed E-state index contributed by atoms with van der Waals surface area (Å²) < 4.78 is 10.4. The van der Waals surface area contributed by atoms with Crippen LogP contribution in [0.1, 0.15) is 20.3 Å². The normalized spacial score (nSPS) is 14.8. The molecule has 5 heteroatoms. The van der Waals surface area contributed by atoms with Gasteiger partial charge in [-0.15, -0.1) is 0 Å². The van der Waals surface area contributed by atoms with Crippen LogP contribution in [-0.2, 0) is 9.47 Å². The predicted octanol–water partition coefficient (Wildman–Crippen LogP) is 1.13. The number of aliphatic hydroxyl groups excluding tert-OH is 1. The summed E-state index contributed by atoms with van der Waals surface area (Å²) in [6, 6.07) is 0. The lowest BCUT2D eigenvalue weighted by atomic mass is 10.3. The fraction of sp³-hybridized carbons (Fsp3) is 1.00. The molecule has 104 valence electrons. The van der Waals surface area contributed by atoms with Gasteiger partial charge in [0.25, 0.3) is 0 Å². The van der Waals surface area contributed by atoms with Crippen molar-refractivity contribution in [2.75, 3.05) is 45.8 Å². The number of hydrogen-bond acceptors (Lipinski definition) is 5. The van der Waals surface area contributed by atoms with Crippen LogP contribution in [-0.4, -0.2) is 62.2 Å². The van der Waals surface area contributed by atoms with Gasteiger partial charge in [0.1, 0.15) is 0 Å². The molecule has 0 aromatic heterocycles. The Hall–Kier alpha value is 0.190. The van der Waals surface area contributed by atoms with E-state index in [2.05, 4.69) is 18.5 Å². The van der Waals surface area contributed by atoms with Gasteiger partial charge in [0.05, 0.1) is 25.9 Å². The molecule has 0 saturated carbocycles. The molecule has 0 aliphatic rings. The molecule has 0 aliphatic heterocycles. The molecular weight excluding hydrogens is 238 g/mol. The summed E-state index contributed by atoms with van der Waals surface area (Å²) in [4.78, 5) is 0. The zero-order valence-corrected chi connectivity index (χ0v) is 12.1. The third-order valence-corrected chi connectivity index (χ3v) is 3.44. The maximum atomic E-state index is 9.59. The molecule has 2 atom stereocenters. The van der Waals surface area contributed by atoms with Crippen molar-refractivity contribution in [3.63, 3.8) is 0 Å². The molecule has 0 bridgehead atoms. The first-order valence-corrected chi connectivity index (χ1v) is 7.56. The molecule has 0 spiro atoms. The van der Waals surface area contributed by atoms with E-state index in [0.717, 1.165) is 13.0 Å². The molecule has 0 fully saturated rings. The molecule has 2 unspecified atom stereocenters. The minimum atomic E-state index is -0.429. The Bertz CT molecular complexity index is 161. The fourth-order valence-electron chi connectivity index (χ4n) is 1.23. The topological polar surface area (TPSA) is 50.7 Å². The molecule has 0 rings (SSSR count). The van der Waals surface area contributed by atoms with Crippen molar-refractivity contribution in [1.82, 2.24) is 5.32 Å². The number of rotatable bonds is 12. The maximum Gasteiger partial charge on any atom is 0.0897 e. The Kier molecular flexibility index (Phi) is 12.8. The molecule has 0 amide bonds. The summed E-state index contributed by atoms with van der Waals surface area (Å²) in [6.07, 6.45) is 2.81. The predicted molar refractivity (Wildman–Crippen MR) is 73.8 cm³/mol. The van der Waals surface area contributed by atoms with Gasteiger partial charge < -0.3 is 19.9 Å². The smallest absolute Gasteiger partial charge is 0.0897 e. The molecule has 0 radical (unpaired) electrons. The molecule has 0 aromatic rings. The number of ether oxygens (including phenoxy) is 2. The van der Waals surface area contributed by atoms with Crippen LogP contribution >= 0.6 is 11.8 Å². The van der Waals surface area contributed by atoms with Gasteiger partial charge in [0.2, 0.25) is 0 Å². The maximum absolute atomic E-state index is 9.59. The zero-order chi connectivity index (χ0) is 12.9. The lowest BCUT2D eigenvalue weighted by Crippen LogP contribution is -2.32. The van der Waals surface area contributed by atoms with Crippen LogP contribution in [0.3, 0.4) is 0 Å². The summed E-state index contributed by atoms with van der Waals surface area (Å²) in [6.45, 7) is 7.93. The molecular formula is C12H27NO3S. The van der Waals surface area contributed by atoms with E-state index in [-0.39, 0.29) is 0 Å². The number of nitrogens with one attached hydrogen (secondary N) is 1. The van der Waals surface area contributed by atoms with E-state index in [0.29, 0.717) is 38.2 Å². The highest BCUT2D eigenvalue weighted by Gasteiger charge is 2.04. The van der Waals surface area contributed by atoms with Crippen LogP contribution in [0.5, 0.6) is 0 Å². The van der Waals surface area contributed by atoms with Gasteiger partial charge >= 0.3 is 0 Å². The third kappa shape index (κ3) is 12.4. The summed E-state index contributed by atoms with van der Waals surface area (Å²) in [5.41, 5.74) is 0. The van der Waals surface area contributed by atoms with Gasteiger partial charge in [-0.3, -0.25) is 0 Å². The minimum absolute atomic E-state index is 0.373. The van der Waals surface area contributed by atoms with Crippen molar-refractivity contribution >= 4 is 11.8 Å². The molecule has 0 aliphatic carbocycles. The summed E-state index contributed by atoms with van der Waals surface area (Å²) in [5, 5.41) is 13.5. The highest BCUT2D eigenvalue weighted by Crippen LogP contribution is 2.07. The quantitative estimate of drug-likeness (QED) is 0.518. The Morgan fingerprint density at radius 2 is 2.00 bits per heavy atom. The number of hydrogen-bond donors (Lipinski definition) is 2. The lowest BCUT2D eigenvalue weighted by Gasteiger charge is -2.13. The second-order valence-electron chi connectivity index (χ2n) is 3.96. The highest BCUT2D eigenvalue weighted by molar-refractivity contribution is 7.99. The van der Waals surface area contributed by atoms with E-state index < -0.39 is 6.10 Å². The zero-order valence-electron chi connectivity index (χ0n) is 11.3. The van der Waals surface area contributed by atoms with Gasteiger partial charge in [0.15, 0.2) is 0 Å². The van der Waals surface area contributed by atoms with E-state index in [4.69, 9.17) is 9.47 Å².